The minimum Gasteiger partial charge on any atom is -0.350 e. The molecule has 3 aromatic rings. The molecule has 7 heteroatoms. The van der Waals surface area contributed by atoms with Gasteiger partial charge in [-0.05, 0) is 22.2 Å². The number of non-ortho nitro benzene ring substituents is 1. The molecule has 0 atom stereocenters. The summed E-state index contributed by atoms with van der Waals surface area (Å²) in [5.41, 5.74) is 2.52. The molecule has 0 N–H and O–H groups in total. The van der Waals surface area contributed by atoms with E-state index in [0.29, 0.717) is 16.6 Å². The van der Waals surface area contributed by atoms with Gasteiger partial charge >= 0.3 is 22.4 Å². The molecule has 1 aromatic heterocycles. The van der Waals surface area contributed by atoms with Crippen molar-refractivity contribution in [3.05, 3.63) is 52.6 Å². The predicted octanol–water partition coefficient (Wildman–Crippen LogP) is 2.16. The summed E-state index contributed by atoms with van der Waals surface area (Å²) in [6.45, 7) is 0. The van der Waals surface area contributed by atoms with E-state index in [9.17, 15) is 10.1 Å². The maximum atomic E-state index is 10.9. The first-order chi connectivity index (χ1) is 8.75. The van der Waals surface area contributed by atoms with Crippen LogP contribution in [0.2, 0.25) is 0 Å². The van der Waals surface area contributed by atoms with Gasteiger partial charge in [0.15, 0.2) is 0 Å². The second-order valence-electron chi connectivity index (χ2n) is 3.77. The second kappa shape index (κ2) is 5.31. The van der Waals surface area contributed by atoms with Gasteiger partial charge in [0.05, 0.1) is 4.92 Å². The molecule has 98 valence electrons. The molecule has 0 unspecified atom stereocenters. The summed E-state index contributed by atoms with van der Waals surface area (Å²) in [6.07, 6.45) is 0. The van der Waals surface area contributed by atoms with Crippen LogP contribution in [0.5, 0.6) is 0 Å². The average molecular weight is 347 g/mol. The van der Waals surface area contributed by atoms with E-state index in [1.54, 1.807) is 0 Å². The van der Waals surface area contributed by atoms with Gasteiger partial charge < -0.3 is 10.2 Å². The number of rotatable bonds is 2. The first-order valence-electron chi connectivity index (χ1n) is 5.25. The first-order valence-corrected chi connectivity index (χ1v) is 5.25. The molecule has 0 aliphatic carbocycles. The van der Waals surface area contributed by atoms with E-state index >= 15 is 0 Å². The van der Waals surface area contributed by atoms with E-state index in [2.05, 4.69) is 15.4 Å². The Kier molecular flexibility index (Phi) is 3.75. The van der Waals surface area contributed by atoms with Gasteiger partial charge in [-0.1, -0.05) is 30.3 Å². The molecule has 0 spiro atoms. The van der Waals surface area contributed by atoms with E-state index < -0.39 is 4.92 Å². The summed E-state index contributed by atoms with van der Waals surface area (Å²) >= 11 is 0. The zero-order valence-corrected chi connectivity index (χ0v) is 10.9. The molecule has 0 saturated carbocycles. The number of benzene rings is 2. The number of fused-ring (bicyclic) bond motifs is 1. The van der Waals surface area contributed by atoms with Gasteiger partial charge in [-0.3, -0.25) is 15.3 Å². The molecule has 3 rings (SSSR count). The Labute approximate surface area is 123 Å². The molecule has 0 fully saturated rings. The second-order valence-corrected chi connectivity index (χ2v) is 3.77. The summed E-state index contributed by atoms with van der Waals surface area (Å²) in [4.78, 5) is 10.4. The molecule has 0 radical (unpaired) electrons. The van der Waals surface area contributed by atoms with Crippen LogP contribution < -0.4 is 5.10 Å². The fourth-order valence-corrected chi connectivity index (χ4v) is 1.84. The molecular weight excluding hydrogens is 340 g/mol. The number of nitrogens with zero attached hydrogens (tertiary/aromatic N) is 4. The molecule has 0 aliphatic rings. The monoisotopic (exact) mass is 346 g/mol. The van der Waals surface area contributed by atoms with E-state index in [1.165, 1.54) is 12.1 Å². The van der Waals surface area contributed by atoms with Gasteiger partial charge in [-0.2, -0.15) is 0 Å². The molecule has 0 saturated heterocycles. The molecule has 0 amide bonds. The van der Waals surface area contributed by atoms with Crippen molar-refractivity contribution in [1.82, 2.24) is 15.4 Å². The minimum atomic E-state index is -0.444. The zero-order valence-electron chi connectivity index (χ0n) is 9.45. The maximum absolute atomic E-state index is 10.9. The normalized spacial score (nSPS) is 10.1. The fourth-order valence-electron chi connectivity index (χ4n) is 1.84. The third kappa shape index (κ3) is 2.41. The molecule has 6 nitrogen and oxygen atoms in total. The van der Waals surface area contributed by atoms with Crippen LogP contribution in [-0.2, 0) is 22.4 Å². The van der Waals surface area contributed by atoms with Crippen molar-refractivity contribution in [1.29, 1.82) is 0 Å². The van der Waals surface area contributed by atoms with Crippen molar-refractivity contribution in [2.75, 3.05) is 0 Å². The SMILES string of the molecule is O=[N+]([O-])c1cc(-c2ccccc2)c2[n-]nnc2c1.[Ag+]. The third-order valence-corrected chi connectivity index (χ3v) is 2.67. The van der Waals surface area contributed by atoms with Gasteiger partial charge in [0.2, 0.25) is 0 Å². The smallest absolute Gasteiger partial charge is 0.350 e. The summed E-state index contributed by atoms with van der Waals surface area (Å²) in [7, 11) is 0. The first kappa shape index (κ1) is 13.4. The van der Waals surface area contributed by atoms with Crippen LogP contribution in [0.3, 0.4) is 0 Å². The zero-order chi connectivity index (χ0) is 12.5. The quantitative estimate of drug-likeness (QED) is 0.403. The van der Waals surface area contributed by atoms with E-state index in [4.69, 9.17) is 0 Å². The predicted molar refractivity (Wildman–Crippen MR) is 64.9 cm³/mol. The van der Waals surface area contributed by atoms with Gasteiger partial charge in [0.25, 0.3) is 5.69 Å². The Bertz CT molecular complexity index is 727. The molecule has 1 heterocycles. The van der Waals surface area contributed by atoms with Crippen molar-refractivity contribution in [2.45, 2.75) is 0 Å². The summed E-state index contributed by atoms with van der Waals surface area (Å²) in [5.74, 6) is 0. The van der Waals surface area contributed by atoms with E-state index in [-0.39, 0.29) is 28.1 Å². The van der Waals surface area contributed by atoms with E-state index in [1.807, 2.05) is 30.3 Å². The summed E-state index contributed by atoms with van der Waals surface area (Å²) in [6, 6.07) is 12.2. The van der Waals surface area contributed by atoms with Crippen LogP contribution in [0.25, 0.3) is 22.2 Å². The van der Waals surface area contributed by atoms with Crippen molar-refractivity contribution in [3.8, 4) is 11.1 Å². The van der Waals surface area contributed by atoms with Gasteiger partial charge in [0, 0.05) is 12.1 Å². The molecule has 19 heavy (non-hydrogen) atoms. The standard InChI is InChI=1S/C12H7N4O2.Ag/c17-16(18)9-6-10(8-4-2-1-3-5-8)12-11(7-9)13-15-14-12;/h1-7H;/q-1;+1. The van der Waals surface area contributed by atoms with Crippen molar-refractivity contribution in [2.24, 2.45) is 0 Å². The van der Waals surface area contributed by atoms with Crippen LogP contribution in [0.15, 0.2) is 42.5 Å². The minimum absolute atomic E-state index is 0. The largest absolute Gasteiger partial charge is 1.00 e. The van der Waals surface area contributed by atoms with Crippen LogP contribution >= 0.6 is 0 Å². The molecule has 2 aromatic carbocycles. The third-order valence-electron chi connectivity index (χ3n) is 2.67. The number of nitro groups is 1. The summed E-state index contributed by atoms with van der Waals surface area (Å²) < 4.78 is 0. The maximum Gasteiger partial charge on any atom is 1.00 e. The van der Waals surface area contributed by atoms with Crippen LogP contribution in [0.1, 0.15) is 0 Å². The fraction of sp³-hybridized carbons (Fsp3) is 0. The van der Waals surface area contributed by atoms with Crippen molar-refractivity contribution in [3.63, 3.8) is 0 Å². The molecular formula is C12H7AgN4O2. The number of hydrogen-bond acceptors (Lipinski definition) is 4. The Morgan fingerprint density at radius 1 is 1.16 bits per heavy atom. The number of hydrogen-bond donors (Lipinski definition) is 0. The topological polar surface area (TPSA) is 83.0 Å². The Morgan fingerprint density at radius 2 is 1.89 bits per heavy atom. The Hall–Kier alpha value is -2.02. The molecule has 0 bridgehead atoms. The van der Waals surface area contributed by atoms with Crippen LogP contribution in [0, 0.1) is 10.1 Å². The van der Waals surface area contributed by atoms with Gasteiger partial charge in [-0.15, -0.1) is 0 Å². The Morgan fingerprint density at radius 3 is 2.58 bits per heavy atom. The summed E-state index contributed by atoms with van der Waals surface area (Å²) in [5, 5.41) is 22.1. The number of nitro benzene ring substituents is 1. The van der Waals surface area contributed by atoms with Gasteiger partial charge in [-0.25, -0.2) is 0 Å². The van der Waals surface area contributed by atoms with Gasteiger partial charge in [0.1, 0.15) is 0 Å². The van der Waals surface area contributed by atoms with E-state index in [0.717, 1.165) is 5.56 Å². The van der Waals surface area contributed by atoms with Crippen LogP contribution in [0.4, 0.5) is 5.69 Å². The Balaban J connectivity index is 0.00000133. The van der Waals surface area contributed by atoms with Crippen LogP contribution in [-0.4, -0.2) is 15.2 Å². The molecule has 0 aliphatic heterocycles. The average Bonchev–Trinajstić information content (AvgIpc) is 2.86. The van der Waals surface area contributed by atoms with Crippen molar-refractivity contribution >= 4 is 16.7 Å². The number of aromatic nitrogens is 3. The van der Waals surface area contributed by atoms with Crippen molar-refractivity contribution < 1.29 is 27.3 Å².